The molecule has 0 spiro atoms. The van der Waals surface area contributed by atoms with E-state index in [4.69, 9.17) is 4.74 Å². The molecular formula is C30H32N4O4SSi. The maximum absolute atomic E-state index is 13.3. The Hall–Kier alpha value is -4.02. The molecule has 0 saturated heterocycles. The van der Waals surface area contributed by atoms with Gasteiger partial charge in [-0.1, -0.05) is 73.4 Å². The Morgan fingerprint density at radius 1 is 0.900 bits per heavy atom. The number of amides is 1. The van der Waals surface area contributed by atoms with Crippen molar-refractivity contribution in [1.82, 2.24) is 15.3 Å². The highest BCUT2D eigenvalue weighted by molar-refractivity contribution is 7.92. The lowest BCUT2D eigenvalue weighted by molar-refractivity contribution is 0.0925. The van der Waals surface area contributed by atoms with Gasteiger partial charge in [-0.05, 0) is 48.7 Å². The van der Waals surface area contributed by atoms with Crippen LogP contribution in [0.25, 0.3) is 11.3 Å². The van der Waals surface area contributed by atoms with Crippen molar-refractivity contribution in [2.24, 2.45) is 0 Å². The number of sulfonamides is 1. The van der Waals surface area contributed by atoms with E-state index in [-0.39, 0.29) is 28.8 Å². The van der Waals surface area contributed by atoms with Gasteiger partial charge in [-0.15, -0.1) is 0 Å². The molecule has 0 saturated carbocycles. The molecule has 10 heteroatoms. The lowest BCUT2D eigenvalue weighted by Gasteiger charge is -2.22. The summed E-state index contributed by atoms with van der Waals surface area (Å²) >= 11 is 0. The van der Waals surface area contributed by atoms with Crippen molar-refractivity contribution < 1.29 is 17.9 Å². The molecule has 40 heavy (non-hydrogen) atoms. The zero-order chi connectivity index (χ0) is 28.7. The normalized spacial score (nSPS) is 16.8. The van der Waals surface area contributed by atoms with E-state index in [1.165, 1.54) is 23.4 Å². The van der Waals surface area contributed by atoms with E-state index in [1.807, 2.05) is 44.2 Å². The highest BCUT2D eigenvalue weighted by Crippen LogP contribution is 2.31. The first-order valence-corrected chi connectivity index (χ1v) is 18.0. The average molecular weight is 573 g/mol. The molecule has 1 atom stereocenters. The van der Waals surface area contributed by atoms with Crippen LogP contribution in [0, 0.1) is 13.8 Å². The fourth-order valence-electron chi connectivity index (χ4n) is 4.72. The highest BCUT2D eigenvalue weighted by Gasteiger charge is 2.24. The van der Waals surface area contributed by atoms with Gasteiger partial charge >= 0.3 is 0 Å². The van der Waals surface area contributed by atoms with E-state index >= 15 is 0 Å². The Morgan fingerprint density at radius 2 is 1.57 bits per heavy atom. The number of fused-ring (bicyclic) bond motifs is 4. The number of aryl methyl sites for hydroxylation is 2. The summed E-state index contributed by atoms with van der Waals surface area (Å²) < 4.78 is 35.5. The van der Waals surface area contributed by atoms with Gasteiger partial charge in [0.25, 0.3) is 15.9 Å². The number of benzene rings is 3. The van der Waals surface area contributed by atoms with Crippen LogP contribution in [-0.2, 0) is 10.0 Å². The van der Waals surface area contributed by atoms with Crippen LogP contribution in [0.4, 0.5) is 5.95 Å². The smallest absolute Gasteiger partial charge is 0.264 e. The van der Waals surface area contributed by atoms with Crippen LogP contribution in [0.2, 0.25) is 19.6 Å². The Balaban J connectivity index is 1.66. The van der Waals surface area contributed by atoms with Gasteiger partial charge < -0.3 is 10.1 Å². The Kier molecular flexibility index (Phi) is 7.24. The third-order valence-electron chi connectivity index (χ3n) is 6.93. The molecule has 2 heterocycles. The van der Waals surface area contributed by atoms with Gasteiger partial charge in [0.05, 0.1) is 25.2 Å². The highest BCUT2D eigenvalue weighted by atomic mass is 32.2. The number of anilines is 1. The Labute approximate surface area is 235 Å². The van der Waals surface area contributed by atoms with E-state index in [1.54, 1.807) is 12.1 Å². The number of rotatable bonds is 3. The number of carbonyl (C=O) groups is 1. The summed E-state index contributed by atoms with van der Waals surface area (Å²) in [7, 11) is -5.61. The molecule has 3 aromatic carbocycles. The minimum atomic E-state index is -4.09. The topological polar surface area (TPSA) is 110 Å². The average Bonchev–Trinajstić information content (AvgIpc) is 2.90. The summed E-state index contributed by atoms with van der Waals surface area (Å²) in [4.78, 5) is 22.0. The molecule has 0 radical (unpaired) electrons. The molecule has 1 unspecified atom stereocenters. The van der Waals surface area contributed by atoms with Gasteiger partial charge in [0, 0.05) is 17.2 Å². The Bertz CT molecular complexity index is 1680. The molecule has 5 rings (SSSR count). The number of nitrogens with zero attached hydrogens (tertiary/aromatic N) is 2. The van der Waals surface area contributed by atoms with Crippen molar-refractivity contribution in [3.05, 3.63) is 95.1 Å². The van der Waals surface area contributed by atoms with E-state index < -0.39 is 30.1 Å². The van der Waals surface area contributed by atoms with Gasteiger partial charge in [-0.2, -0.15) is 4.98 Å². The number of carbonyl (C=O) groups excluding carboxylic acids is 1. The van der Waals surface area contributed by atoms with Gasteiger partial charge in [0.15, 0.2) is 0 Å². The van der Waals surface area contributed by atoms with Crippen LogP contribution in [-0.4, -0.2) is 38.9 Å². The van der Waals surface area contributed by atoms with Crippen molar-refractivity contribution in [1.29, 1.82) is 0 Å². The quantitative estimate of drug-likeness (QED) is 0.336. The standard InChI is InChI=1S/C30H32N4O4SSi/c1-19-8-6-9-20(2)28(19)25-17-27-33-30(32-25)34-39(36,37)23-11-7-10-22(16-23)29(35)31-18-26(38-27)21-12-14-24(15-13-21)40(3,4)5/h6-17,26H,18H2,1-5H3,(H,31,35)(H,32,33,34). The van der Waals surface area contributed by atoms with E-state index in [0.29, 0.717) is 5.69 Å². The third-order valence-corrected chi connectivity index (χ3v) is 10.3. The fraction of sp³-hybridized carbons (Fsp3) is 0.233. The van der Waals surface area contributed by atoms with Crippen molar-refractivity contribution in [2.75, 3.05) is 11.3 Å². The summed E-state index contributed by atoms with van der Waals surface area (Å²) in [5.74, 6) is -0.339. The van der Waals surface area contributed by atoms with Crippen LogP contribution < -0.4 is 20.0 Å². The molecular weight excluding hydrogens is 541 g/mol. The second kappa shape index (κ2) is 10.5. The summed E-state index contributed by atoms with van der Waals surface area (Å²) in [6.45, 7) is 10.9. The van der Waals surface area contributed by atoms with Gasteiger partial charge in [0.2, 0.25) is 11.8 Å². The first kappa shape index (κ1) is 27.5. The summed E-state index contributed by atoms with van der Waals surface area (Å²) in [5.41, 5.74) is 4.44. The first-order chi connectivity index (χ1) is 18.9. The number of ether oxygens (including phenoxy) is 1. The second-order valence-corrected chi connectivity index (χ2v) is 17.8. The van der Waals surface area contributed by atoms with Gasteiger partial charge in [-0.3, -0.25) is 4.79 Å². The molecule has 4 bridgehead atoms. The van der Waals surface area contributed by atoms with Gasteiger partial charge in [0.1, 0.15) is 6.10 Å². The molecule has 4 aromatic rings. The number of aromatic nitrogens is 2. The van der Waals surface area contributed by atoms with Crippen LogP contribution in [0.3, 0.4) is 0 Å². The van der Waals surface area contributed by atoms with Crippen LogP contribution in [0.1, 0.15) is 33.2 Å². The molecule has 1 aliphatic rings. The maximum Gasteiger partial charge on any atom is 0.264 e. The van der Waals surface area contributed by atoms with Crippen molar-refractivity contribution >= 4 is 35.1 Å². The van der Waals surface area contributed by atoms with Crippen molar-refractivity contribution in [3.8, 4) is 17.1 Å². The molecule has 8 nitrogen and oxygen atoms in total. The number of nitrogens with one attached hydrogen (secondary N) is 2. The second-order valence-electron chi connectivity index (χ2n) is 11.0. The third kappa shape index (κ3) is 5.78. The van der Waals surface area contributed by atoms with E-state index in [0.717, 1.165) is 22.3 Å². The minimum absolute atomic E-state index is 0.0681. The zero-order valence-electron chi connectivity index (χ0n) is 23.1. The molecule has 0 fully saturated rings. The van der Waals surface area contributed by atoms with Crippen LogP contribution in [0.5, 0.6) is 5.88 Å². The Morgan fingerprint density at radius 3 is 2.25 bits per heavy atom. The van der Waals surface area contributed by atoms with Crippen molar-refractivity contribution in [2.45, 2.75) is 44.5 Å². The molecule has 0 aliphatic carbocycles. The maximum atomic E-state index is 13.3. The summed E-state index contributed by atoms with van der Waals surface area (Å²) in [6, 6.07) is 21.7. The number of hydrogen-bond acceptors (Lipinski definition) is 6. The predicted octanol–water partition coefficient (Wildman–Crippen LogP) is 4.97. The summed E-state index contributed by atoms with van der Waals surface area (Å²) in [6.07, 6.45) is -0.589. The fourth-order valence-corrected chi connectivity index (χ4v) is 6.88. The lowest BCUT2D eigenvalue weighted by atomic mass is 10.00. The molecule has 206 valence electrons. The van der Waals surface area contributed by atoms with E-state index in [9.17, 15) is 13.2 Å². The molecule has 1 aromatic heterocycles. The van der Waals surface area contributed by atoms with E-state index in [2.05, 4.69) is 51.8 Å². The monoisotopic (exact) mass is 572 g/mol. The minimum Gasteiger partial charge on any atom is -0.467 e. The predicted molar refractivity (Wildman–Crippen MR) is 159 cm³/mol. The van der Waals surface area contributed by atoms with Gasteiger partial charge in [-0.25, -0.2) is 18.1 Å². The first-order valence-electron chi connectivity index (χ1n) is 13.0. The number of hydrogen-bond donors (Lipinski definition) is 2. The zero-order valence-corrected chi connectivity index (χ0v) is 25.0. The SMILES string of the molecule is Cc1cccc(C)c1-c1cc2nc(n1)NS(=O)(=O)c1cccc(c1)C(=O)NCC(c1ccc([Si](C)(C)C)cc1)O2. The lowest BCUT2D eigenvalue weighted by Crippen LogP contribution is -2.37. The largest absolute Gasteiger partial charge is 0.467 e. The van der Waals surface area contributed by atoms with Crippen molar-refractivity contribution in [3.63, 3.8) is 0 Å². The molecule has 2 N–H and O–H groups in total. The molecule has 1 amide bonds. The molecule has 1 aliphatic heterocycles. The van der Waals surface area contributed by atoms with Crippen LogP contribution in [0.15, 0.2) is 77.7 Å². The van der Waals surface area contributed by atoms with Crippen LogP contribution >= 0.6 is 0 Å². The summed E-state index contributed by atoms with van der Waals surface area (Å²) in [5, 5.41) is 4.21.